The van der Waals surface area contributed by atoms with Crippen LogP contribution in [-0.4, -0.2) is 25.2 Å². The standard InChI is InChI=1S/C18H16O4/c19-17-15-5-7-16(8-6-15)18(20)22-12-10-14-2-1-13(3-4-14)9-11-21-17/h1-8H,9-12H2. The summed E-state index contributed by atoms with van der Waals surface area (Å²) in [5.41, 5.74) is 3.07. The van der Waals surface area contributed by atoms with Crippen molar-refractivity contribution in [2.45, 2.75) is 12.8 Å². The van der Waals surface area contributed by atoms with Crippen LogP contribution in [0.3, 0.4) is 0 Å². The molecule has 0 unspecified atom stereocenters. The predicted molar refractivity (Wildman–Crippen MR) is 80.9 cm³/mol. The van der Waals surface area contributed by atoms with E-state index in [1.807, 2.05) is 24.3 Å². The number of esters is 2. The molecule has 0 saturated carbocycles. The molecule has 0 radical (unpaired) electrons. The van der Waals surface area contributed by atoms with Crippen LogP contribution in [0.15, 0.2) is 48.5 Å². The molecular weight excluding hydrogens is 280 g/mol. The first kappa shape index (κ1) is 14.3. The fraction of sp³-hybridized carbons (Fsp3) is 0.222. The number of benzene rings is 2. The monoisotopic (exact) mass is 296 g/mol. The molecule has 4 nitrogen and oxygen atoms in total. The Morgan fingerprint density at radius 1 is 0.591 bits per heavy atom. The van der Waals surface area contributed by atoms with Crippen LogP contribution in [0.2, 0.25) is 0 Å². The van der Waals surface area contributed by atoms with Gasteiger partial charge in [0.25, 0.3) is 0 Å². The van der Waals surface area contributed by atoms with E-state index in [-0.39, 0.29) is 11.9 Å². The molecule has 2 aromatic rings. The minimum absolute atomic E-state index is 0.335. The molecule has 4 aliphatic rings. The Morgan fingerprint density at radius 3 is 1.32 bits per heavy atom. The summed E-state index contributed by atoms with van der Waals surface area (Å²) in [6, 6.07) is 14.3. The number of carbonyl (C=O) groups excluding carboxylic acids is 2. The molecule has 0 spiro atoms. The van der Waals surface area contributed by atoms with Gasteiger partial charge in [-0.1, -0.05) is 24.3 Å². The number of ether oxygens (including phenoxy) is 2. The van der Waals surface area contributed by atoms with Crippen molar-refractivity contribution in [1.82, 2.24) is 0 Å². The lowest BCUT2D eigenvalue weighted by molar-refractivity contribution is 0.0494. The third kappa shape index (κ3) is 3.34. The van der Waals surface area contributed by atoms with Gasteiger partial charge < -0.3 is 9.47 Å². The number of hydrogen-bond acceptors (Lipinski definition) is 4. The van der Waals surface area contributed by atoms with E-state index in [0.29, 0.717) is 37.2 Å². The van der Waals surface area contributed by atoms with E-state index in [1.165, 1.54) is 0 Å². The topological polar surface area (TPSA) is 52.6 Å². The number of hydrogen-bond donors (Lipinski definition) is 0. The normalized spacial score (nSPS) is 15.5. The second-order valence-electron chi connectivity index (χ2n) is 5.17. The van der Waals surface area contributed by atoms with Crippen molar-refractivity contribution in [3.63, 3.8) is 0 Å². The van der Waals surface area contributed by atoms with Gasteiger partial charge in [-0.2, -0.15) is 0 Å². The largest absolute Gasteiger partial charge is 0.462 e. The van der Waals surface area contributed by atoms with Crippen molar-refractivity contribution in [1.29, 1.82) is 0 Å². The second kappa shape index (κ2) is 6.43. The molecule has 0 N–H and O–H groups in total. The lowest BCUT2D eigenvalue weighted by Crippen LogP contribution is -2.11. The smallest absolute Gasteiger partial charge is 0.338 e. The van der Waals surface area contributed by atoms with E-state index in [0.717, 1.165) is 11.1 Å². The molecule has 4 aliphatic heterocycles. The Hall–Kier alpha value is -2.62. The Balaban J connectivity index is 1.82. The fourth-order valence-corrected chi connectivity index (χ4v) is 2.30. The van der Waals surface area contributed by atoms with E-state index >= 15 is 0 Å². The van der Waals surface area contributed by atoms with Gasteiger partial charge in [0.2, 0.25) is 0 Å². The molecule has 22 heavy (non-hydrogen) atoms. The first-order valence-electron chi connectivity index (χ1n) is 7.24. The minimum Gasteiger partial charge on any atom is -0.462 e. The third-order valence-corrected chi connectivity index (χ3v) is 3.63. The van der Waals surface area contributed by atoms with Crippen LogP contribution in [0.25, 0.3) is 0 Å². The Morgan fingerprint density at radius 2 is 0.955 bits per heavy atom. The second-order valence-corrected chi connectivity index (χ2v) is 5.17. The summed E-state index contributed by atoms with van der Waals surface area (Å²) in [5, 5.41) is 0. The molecule has 0 aliphatic carbocycles. The van der Waals surface area contributed by atoms with Crippen LogP contribution in [0.1, 0.15) is 31.8 Å². The van der Waals surface area contributed by atoms with Gasteiger partial charge in [0.05, 0.1) is 24.3 Å². The van der Waals surface area contributed by atoms with Gasteiger partial charge in [-0.15, -0.1) is 0 Å². The fourth-order valence-electron chi connectivity index (χ4n) is 2.30. The van der Waals surface area contributed by atoms with Gasteiger partial charge in [0.15, 0.2) is 0 Å². The van der Waals surface area contributed by atoms with Crippen LogP contribution in [-0.2, 0) is 22.3 Å². The van der Waals surface area contributed by atoms with Gasteiger partial charge in [0, 0.05) is 12.8 Å². The summed E-state index contributed by atoms with van der Waals surface area (Å²) < 4.78 is 10.5. The molecule has 0 atom stereocenters. The number of carbonyl (C=O) groups is 2. The summed E-state index contributed by atoms with van der Waals surface area (Å²) in [7, 11) is 0. The summed E-state index contributed by atoms with van der Waals surface area (Å²) in [6.07, 6.45) is 1.36. The van der Waals surface area contributed by atoms with Crippen molar-refractivity contribution >= 4 is 11.9 Å². The van der Waals surface area contributed by atoms with Crippen molar-refractivity contribution in [2.24, 2.45) is 0 Å². The zero-order valence-electron chi connectivity index (χ0n) is 12.1. The summed E-state index contributed by atoms with van der Waals surface area (Å²) in [4.78, 5) is 23.8. The molecule has 112 valence electrons. The highest BCUT2D eigenvalue weighted by molar-refractivity contribution is 5.93. The SMILES string of the molecule is O=C1OCCc2ccc(cc2)CCOC(=O)c2ccc1cc2. The molecule has 0 fully saturated rings. The lowest BCUT2D eigenvalue weighted by atomic mass is 10.1. The van der Waals surface area contributed by atoms with Crippen LogP contribution in [0.4, 0.5) is 0 Å². The summed E-state index contributed by atoms with van der Waals surface area (Å²) >= 11 is 0. The average molecular weight is 296 g/mol. The molecule has 0 saturated heterocycles. The quantitative estimate of drug-likeness (QED) is 0.701. The first-order valence-corrected chi connectivity index (χ1v) is 7.24. The van der Waals surface area contributed by atoms with Crippen LogP contribution < -0.4 is 0 Å². The maximum atomic E-state index is 11.9. The van der Waals surface area contributed by atoms with E-state index in [9.17, 15) is 9.59 Å². The molecular formula is C18H16O4. The first-order chi connectivity index (χ1) is 10.7. The highest BCUT2D eigenvalue weighted by Gasteiger charge is 2.11. The molecule has 0 amide bonds. The van der Waals surface area contributed by atoms with Gasteiger partial charge in [0.1, 0.15) is 0 Å². The minimum atomic E-state index is -0.386. The Kier molecular flexibility index (Phi) is 4.19. The Labute approximate surface area is 128 Å². The van der Waals surface area contributed by atoms with Gasteiger partial charge >= 0.3 is 11.9 Å². The number of rotatable bonds is 0. The highest BCUT2D eigenvalue weighted by atomic mass is 16.5. The van der Waals surface area contributed by atoms with Gasteiger partial charge in [-0.25, -0.2) is 9.59 Å². The summed E-state index contributed by atoms with van der Waals surface area (Å²) in [5.74, 6) is -0.771. The molecule has 4 heterocycles. The average Bonchev–Trinajstić information content (AvgIpc) is 2.55. The van der Waals surface area contributed by atoms with E-state index < -0.39 is 0 Å². The zero-order valence-corrected chi connectivity index (χ0v) is 12.1. The third-order valence-electron chi connectivity index (χ3n) is 3.63. The van der Waals surface area contributed by atoms with Crippen LogP contribution in [0, 0.1) is 0 Å². The van der Waals surface area contributed by atoms with Crippen LogP contribution >= 0.6 is 0 Å². The molecule has 2 aromatic carbocycles. The molecule has 6 rings (SSSR count). The Bertz CT molecular complexity index is 611. The highest BCUT2D eigenvalue weighted by Crippen LogP contribution is 2.11. The van der Waals surface area contributed by atoms with Crippen molar-refractivity contribution in [3.05, 3.63) is 70.8 Å². The molecule has 0 aromatic heterocycles. The van der Waals surface area contributed by atoms with Crippen molar-refractivity contribution in [3.8, 4) is 0 Å². The van der Waals surface area contributed by atoms with Crippen molar-refractivity contribution in [2.75, 3.05) is 13.2 Å². The summed E-state index contributed by atoms with van der Waals surface area (Å²) in [6.45, 7) is 0.671. The molecule has 4 bridgehead atoms. The maximum absolute atomic E-state index is 11.9. The van der Waals surface area contributed by atoms with Crippen LogP contribution in [0.5, 0.6) is 0 Å². The zero-order chi connectivity index (χ0) is 15.4. The van der Waals surface area contributed by atoms with Crippen molar-refractivity contribution < 1.29 is 19.1 Å². The van der Waals surface area contributed by atoms with E-state index in [4.69, 9.17) is 9.47 Å². The van der Waals surface area contributed by atoms with E-state index in [2.05, 4.69) is 0 Å². The maximum Gasteiger partial charge on any atom is 0.338 e. The van der Waals surface area contributed by atoms with Gasteiger partial charge in [-0.05, 0) is 35.4 Å². The van der Waals surface area contributed by atoms with E-state index in [1.54, 1.807) is 24.3 Å². The molecule has 4 heteroatoms. The lowest BCUT2D eigenvalue weighted by Gasteiger charge is -2.09. The predicted octanol–water partition coefficient (Wildman–Crippen LogP) is 2.80. The van der Waals surface area contributed by atoms with Gasteiger partial charge in [-0.3, -0.25) is 0 Å².